The molecule has 0 radical (unpaired) electrons. The van der Waals surface area contributed by atoms with Crippen LogP contribution in [0.5, 0.6) is 0 Å². The summed E-state index contributed by atoms with van der Waals surface area (Å²) < 4.78 is 8.69. The van der Waals surface area contributed by atoms with Gasteiger partial charge in [0.1, 0.15) is 11.3 Å². The largest absolute Gasteiger partial charge is 0.436 e. The lowest BCUT2D eigenvalue weighted by Gasteiger charge is -2.23. The van der Waals surface area contributed by atoms with E-state index in [9.17, 15) is 0 Å². The summed E-state index contributed by atoms with van der Waals surface area (Å²) in [7, 11) is 0. The Morgan fingerprint density at radius 3 is 2.09 bits per heavy atom. The zero-order chi connectivity index (χ0) is 28.7. The van der Waals surface area contributed by atoms with Crippen molar-refractivity contribution in [2.45, 2.75) is 19.3 Å². The van der Waals surface area contributed by atoms with Gasteiger partial charge in [0.15, 0.2) is 5.58 Å². The van der Waals surface area contributed by atoms with E-state index in [2.05, 4.69) is 109 Å². The van der Waals surface area contributed by atoms with Crippen LogP contribution in [0.4, 0.5) is 0 Å². The highest BCUT2D eigenvalue weighted by atomic mass is 16.3. The molecule has 9 rings (SSSR count). The van der Waals surface area contributed by atoms with Gasteiger partial charge in [-0.1, -0.05) is 105 Å². The number of hydrogen-bond acceptors (Lipinski definition) is 3. The third-order valence-corrected chi connectivity index (χ3v) is 8.99. The highest BCUT2D eigenvalue weighted by molar-refractivity contribution is 6.13. The van der Waals surface area contributed by atoms with Crippen molar-refractivity contribution in [2.75, 3.05) is 0 Å². The van der Waals surface area contributed by atoms with Crippen molar-refractivity contribution in [3.8, 4) is 39.7 Å². The minimum atomic E-state index is -0.336. The van der Waals surface area contributed by atoms with Gasteiger partial charge >= 0.3 is 0 Å². The van der Waals surface area contributed by atoms with E-state index in [4.69, 9.17) is 14.4 Å². The minimum Gasteiger partial charge on any atom is -0.436 e. The van der Waals surface area contributed by atoms with E-state index >= 15 is 0 Å². The van der Waals surface area contributed by atoms with Gasteiger partial charge in [-0.05, 0) is 58.7 Å². The molecule has 3 heterocycles. The predicted molar refractivity (Wildman–Crippen MR) is 175 cm³/mol. The average molecular weight is 554 g/mol. The Hall–Kier alpha value is -5.48. The number of oxazole rings is 1. The van der Waals surface area contributed by atoms with E-state index in [1.807, 2.05) is 36.4 Å². The monoisotopic (exact) mass is 553 g/mol. The Bertz CT molecular complexity index is 2360. The standard InChI is InChI=1S/C39H27N3O/c1-39(2)34-27(22-23-32-36(34)41-38(43-32)25-14-7-4-8-15-25)28-20-21-29-26-16-9-10-18-31(26)42(37(29)35(28)39)33-19-11-17-30(40-33)24-12-5-3-6-13-24/h3-23H,1-2H3. The molecule has 0 unspecified atom stereocenters. The van der Waals surface area contributed by atoms with E-state index in [-0.39, 0.29) is 5.41 Å². The second-order valence-electron chi connectivity index (χ2n) is 11.8. The van der Waals surface area contributed by atoms with E-state index in [1.54, 1.807) is 0 Å². The molecule has 0 aliphatic heterocycles. The number of hydrogen-bond donors (Lipinski definition) is 0. The summed E-state index contributed by atoms with van der Waals surface area (Å²) in [5, 5.41) is 2.44. The lowest BCUT2D eigenvalue weighted by Crippen LogP contribution is -2.17. The van der Waals surface area contributed by atoms with E-state index < -0.39 is 0 Å². The van der Waals surface area contributed by atoms with Crippen LogP contribution in [0.1, 0.15) is 25.0 Å². The van der Waals surface area contributed by atoms with E-state index in [0.29, 0.717) is 5.89 Å². The molecule has 0 saturated carbocycles. The summed E-state index contributed by atoms with van der Waals surface area (Å²) in [6.45, 7) is 4.65. The van der Waals surface area contributed by atoms with Crippen LogP contribution in [0.25, 0.3) is 72.6 Å². The van der Waals surface area contributed by atoms with Crippen LogP contribution in [0.3, 0.4) is 0 Å². The van der Waals surface area contributed by atoms with Gasteiger partial charge in [0.2, 0.25) is 5.89 Å². The first-order chi connectivity index (χ1) is 21.1. The van der Waals surface area contributed by atoms with Crippen molar-refractivity contribution in [1.82, 2.24) is 14.5 Å². The van der Waals surface area contributed by atoms with Gasteiger partial charge in [0.05, 0.1) is 16.7 Å². The number of fused-ring (bicyclic) bond motifs is 9. The van der Waals surface area contributed by atoms with Crippen LogP contribution in [-0.4, -0.2) is 14.5 Å². The van der Waals surface area contributed by atoms with E-state index in [1.165, 1.54) is 38.5 Å². The molecule has 4 heteroatoms. The van der Waals surface area contributed by atoms with Crippen molar-refractivity contribution in [1.29, 1.82) is 0 Å². The molecule has 1 aliphatic rings. The Kier molecular flexibility index (Phi) is 4.92. The van der Waals surface area contributed by atoms with Crippen molar-refractivity contribution >= 4 is 32.9 Å². The maximum atomic E-state index is 6.33. The predicted octanol–water partition coefficient (Wildman–Crippen LogP) is 9.96. The summed E-state index contributed by atoms with van der Waals surface area (Å²) in [4.78, 5) is 10.3. The van der Waals surface area contributed by atoms with Gasteiger partial charge in [-0.15, -0.1) is 0 Å². The van der Waals surface area contributed by atoms with Crippen molar-refractivity contribution in [3.63, 3.8) is 0 Å². The average Bonchev–Trinajstić information content (AvgIpc) is 3.70. The van der Waals surface area contributed by atoms with Crippen LogP contribution in [0.2, 0.25) is 0 Å². The number of rotatable bonds is 3. The fourth-order valence-corrected chi connectivity index (χ4v) is 7.15. The zero-order valence-corrected chi connectivity index (χ0v) is 23.9. The summed E-state index contributed by atoms with van der Waals surface area (Å²) in [6, 6.07) is 44.4. The normalized spacial score (nSPS) is 13.5. The highest BCUT2D eigenvalue weighted by Gasteiger charge is 2.41. The van der Waals surface area contributed by atoms with Crippen molar-refractivity contribution in [3.05, 3.63) is 139 Å². The summed E-state index contributed by atoms with van der Waals surface area (Å²) >= 11 is 0. The Morgan fingerprint density at radius 2 is 1.28 bits per heavy atom. The number of nitrogens with zero attached hydrogens (tertiary/aromatic N) is 3. The van der Waals surface area contributed by atoms with Gasteiger partial charge in [-0.3, -0.25) is 4.57 Å². The molecule has 204 valence electrons. The fourth-order valence-electron chi connectivity index (χ4n) is 7.15. The third kappa shape index (κ3) is 3.38. The number of pyridine rings is 1. The van der Waals surface area contributed by atoms with Crippen LogP contribution < -0.4 is 0 Å². The molecule has 0 atom stereocenters. The summed E-state index contributed by atoms with van der Waals surface area (Å²) in [6.07, 6.45) is 0. The highest BCUT2D eigenvalue weighted by Crippen LogP contribution is 2.55. The zero-order valence-electron chi connectivity index (χ0n) is 23.9. The molecule has 8 aromatic rings. The summed E-state index contributed by atoms with van der Waals surface area (Å²) in [5.74, 6) is 1.56. The fraction of sp³-hybridized carbons (Fsp3) is 0.0769. The van der Waals surface area contributed by atoms with Crippen molar-refractivity contribution < 1.29 is 4.42 Å². The maximum Gasteiger partial charge on any atom is 0.227 e. The van der Waals surface area contributed by atoms with Gasteiger partial charge in [-0.25, -0.2) is 9.97 Å². The molecule has 0 N–H and O–H groups in total. The SMILES string of the molecule is CC1(C)c2c(ccc3oc(-c4ccccc4)nc23)-c2ccc3c4ccccc4n(-c4cccc(-c5ccccc5)n4)c3c21. The van der Waals surface area contributed by atoms with Crippen LogP contribution in [0, 0.1) is 0 Å². The molecule has 0 saturated heterocycles. The van der Waals surface area contributed by atoms with E-state index in [0.717, 1.165) is 39.3 Å². The molecule has 43 heavy (non-hydrogen) atoms. The van der Waals surface area contributed by atoms with Gasteiger partial charge in [0.25, 0.3) is 0 Å². The first-order valence-electron chi connectivity index (χ1n) is 14.7. The molecule has 3 aromatic heterocycles. The molecular formula is C39H27N3O. The second-order valence-corrected chi connectivity index (χ2v) is 11.8. The first-order valence-corrected chi connectivity index (χ1v) is 14.7. The molecule has 5 aromatic carbocycles. The number of para-hydroxylation sites is 1. The lowest BCUT2D eigenvalue weighted by atomic mass is 9.81. The van der Waals surface area contributed by atoms with Crippen molar-refractivity contribution in [2.24, 2.45) is 0 Å². The Balaban J connectivity index is 1.34. The van der Waals surface area contributed by atoms with Gasteiger partial charge < -0.3 is 4.42 Å². The smallest absolute Gasteiger partial charge is 0.227 e. The number of aromatic nitrogens is 3. The maximum absolute atomic E-state index is 6.33. The first kappa shape index (κ1) is 24.2. The minimum absolute atomic E-state index is 0.336. The van der Waals surface area contributed by atoms with Crippen LogP contribution in [0.15, 0.2) is 132 Å². The number of benzene rings is 5. The van der Waals surface area contributed by atoms with Crippen LogP contribution in [-0.2, 0) is 5.41 Å². The molecule has 1 aliphatic carbocycles. The van der Waals surface area contributed by atoms with Gasteiger partial charge in [0, 0.05) is 27.3 Å². The van der Waals surface area contributed by atoms with Gasteiger partial charge in [-0.2, -0.15) is 0 Å². The molecule has 0 fully saturated rings. The summed E-state index contributed by atoms with van der Waals surface area (Å²) in [5.41, 5.74) is 11.7. The third-order valence-electron chi connectivity index (χ3n) is 8.99. The molecule has 0 amide bonds. The molecule has 4 nitrogen and oxygen atoms in total. The Morgan fingerprint density at radius 1 is 0.581 bits per heavy atom. The topological polar surface area (TPSA) is 43.9 Å². The quantitative estimate of drug-likeness (QED) is 0.219. The molecule has 0 spiro atoms. The molecular weight excluding hydrogens is 526 g/mol. The second kappa shape index (κ2) is 8.76. The Labute approximate surface area is 248 Å². The van der Waals surface area contributed by atoms with Crippen LogP contribution >= 0.6 is 0 Å². The molecule has 0 bridgehead atoms. The lowest BCUT2D eigenvalue weighted by molar-refractivity contribution is 0.619.